The van der Waals surface area contributed by atoms with E-state index in [1.54, 1.807) is 26.0 Å². The number of aryl methyl sites for hydroxylation is 1. The highest BCUT2D eigenvalue weighted by Crippen LogP contribution is 2.31. The molecule has 0 fully saturated rings. The molecule has 2 aromatic carbocycles. The van der Waals surface area contributed by atoms with Crippen LogP contribution in [-0.4, -0.2) is 37.8 Å². The number of carboxylic acid groups (broad SMARTS) is 1. The second-order valence-corrected chi connectivity index (χ2v) is 7.69. The van der Waals surface area contributed by atoms with E-state index in [2.05, 4.69) is 4.72 Å². The van der Waals surface area contributed by atoms with Crippen LogP contribution in [0.25, 0.3) is 0 Å². The molecule has 0 saturated carbocycles. The van der Waals surface area contributed by atoms with Gasteiger partial charge in [-0.25, -0.2) is 13.2 Å². The first kappa shape index (κ1) is 21.5. The number of aliphatic hydroxyl groups excluding tert-OH is 1. The minimum atomic E-state index is -3.97. The molecule has 2 aromatic rings. The number of ether oxygens (including phenoxy) is 2. The summed E-state index contributed by atoms with van der Waals surface area (Å²) < 4.78 is 38.8. The van der Waals surface area contributed by atoms with Crippen LogP contribution < -0.4 is 14.2 Å². The Labute approximate surface area is 163 Å². The topological polar surface area (TPSA) is 122 Å². The van der Waals surface area contributed by atoms with Crippen LogP contribution in [0.2, 0.25) is 0 Å². The van der Waals surface area contributed by atoms with Crippen LogP contribution in [0.4, 0.5) is 5.69 Å². The lowest BCUT2D eigenvalue weighted by Gasteiger charge is -2.16. The molecule has 0 aliphatic carbocycles. The number of aliphatic hydroxyl groups is 1. The van der Waals surface area contributed by atoms with E-state index in [0.29, 0.717) is 29.0 Å². The third kappa shape index (κ3) is 4.93. The van der Waals surface area contributed by atoms with Crippen molar-refractivity contribution in [3.05, 3.63) is 47.0 Å². The second-order valence-electron chi connectivity index (χ2n) is 6.04. The monoisotopic (exact) mass is 409 g/mol. The lowest BCUT2D eigenvalue weighted by Crippen LogP contribution is -2.16. The Hall–Kier alpha value is -2.78. The van der Waals surface area contributed by atoms with E-state index in [0.717, 1.165) is 0 Å². The number of aliphatic carboxylic acids is 1. The molecule has 0 atom stereocenters. The number of rotatable bonds is 9. The lowest BCUT2D eigenvalue weighted by molar-refractivity contribution is -0.139. The Morgan fingerprint density at radius 2 is 1.86 bits per heavy atom. The number of carboxylic acids is 1. The van der Waals surface area contributed by atoms with Crippen molar-refractivity contribution < 1.29 is 32.9 Å². The van der Waals surface area contributed by atoms with Crippen LogP contribution in [0.3, 0.4) is 0 Å². The van der Waals surface area contributed by atoms with Crippen molar-refractivity contribution in [3.63, 3.8) is 0 Å². The molecule has 28 heavy (non-hydrogen) atoms. The van der Waals surface area contributed by atoms with Gasteiger partial charge in [-0.1, -0.05) is 6.07 Å². The molecule has 0 unspecified atom stereocenters. The van der Waals surface area contributed by atoms with Crippen molar-refractivity contribution >= 4 is 21.7 Å². The third-order valence-electron chi connectivity index (χ3n) is 3.97. The van der Waals surface area contributed by atoms with Crippen LogP contribution in [-0.2, 0) is 21.4 Å². The van der Waals surface area contributed by atoms with E-state index in [1.165, 1.54) is 18.2 Å². The number of sulfonamides is 1. The molecule has 0 aromatic heterocycles. The number of carbonyl (C=O) groups is 1. The number of nitrogens with one attached hydrogen (secondary N) is 1. The quantitative estimate of drug-likeness (QED) is 0.581. The molecule has 0 aliphatic rings. The number of benzene rings is 2. The first-order valence-electron chi connectivity index (χ1n) is 8.53. The maximum absolute atomic E-state index is 12.9. The molecule has 0 heterocycles. The summed E-state index contributed by atoms with van der Waals surface area (Å²) in [4.78, 5) is 10.7. The predicted octanol–water partition coefficient (Wildman–Crippen LogP) is 2.46. The molecular formula is C19H23NO7S. The second kappa shape index (κ2) is 8.94. The van der Waals surface area contributed by atoms with Gasteiger partial charge in [-0.2, -0.15) is 0 Å². The van der Waals surface area contributed by atoms with Crippen LogP contribution in [0.5, 0.6) is 11.5 Å². The van der Waals surface area contributed by atoms with Gasteiger partial charge in [0.15, 0.2) is 6.61 Å². The summed E-state index contributed by atoms with van der Waals surface area (Å²) >= 11 is 0. The van der Waals surface area contributed by atoms with Crippen molar-refractivity contribution in [2.24, 2.45) is 0 Å². The Balaban J connectivity index is 2.37. The molecule has 0 saturated heterocycles. The first-order valence-corrected chi connectivity index (χ1v) is 10.0. The van der Waals surface area contributed by atoms with Crippen LogP contribution in [0, 0.1) is 13.8 Å². The highest BCUT2D eigenvalue weighted by Gasteiger charge is 2.21. The number of hydrogen-bond donors (Lipinski definition) is 3. The Morgan fingerprint density at radius 3 is 2.46 bits per heavy atom. The number of anilines is 1. The molecule has 2 rings (SSSR count). The largest absolute Gasteiger partial charge is 0.494 e. The highest BCUT2D eigenvalue weighted by molar-refractivity contribution is 7.92. The molecule has 0 radical (unpaired) electrons. The van der Waals surface area contributed by atoms with Gasteiger partial charge in [-0.15, -0.1) is 0 Å². The zero-order valence-electron chi connectivity index (χ0n) is 15.9. The minimum Gasteiger partial charge on any atom is -0.494 e. The average molecular weight is 409 g/mol. The molecule has 8 nitrogen and oxygen atoms in total. The zero-order chi connectivity index (χ0) is 20.9. The molecule has 0 bridgehead atoms. The molecule has 152 valence electrons. The fourth-order valence-corrected chi connectivity index (χ4v) is 4.02. The van der Waals surface area contributed by atoms with Gasteiger partial charge in [0.1, 0.15) is 11.5 Å². The van der Waals surface area contributed by atoms with E-state index in [9.17, 15) is 18.3 Å². The van der Waals surface area contributed by atoms with Gasteiger partial charge < -0.3 is 19.7 Å². The van der Waals surface area contributed by atoms with E-state index in [4.69, 9.17) is 14.6 Å². The lowest BCUT2D eigenvalue weighted by atomic mass is 10.1. The van der Waals surface area contributed by atoms with Gasteiger partial charge in [0, 0.05) is 16.8 Å². The molecule has 0 amide bonds. The van der Waals surface area contributed by atoms with E-state index >= 15 is 0 Å². The Bertz CT molecular complexity index is 970. The van der Waals surface area contributed by atoms with E-state index in [-0.39, 0.29) is 22.9 Å². The van der Waals surface area contributed by atoms with E-state index in [1.807, 2.05) is 6.92 Å². The minimum absolute atomic E-state index is 0.0297. The van der Waals surface area contributed by atoms with Crippen LogP contribution in [0.15, 0.2) is 35.2 Å². The summed E-state index contributed by atoms with van der Waals surface area (Å²) in [5, 5.41) is 18.3. The van der Waals surface area contributed by atoms with Gasteiger partial charge in [0.2, 0.25) is 0 Å². The number of hydrogen-bond acceptors (Lipinski definition) is 6. The molecule has 9 heteroatoms. The maximum Gasteiger partial charge on any atom is 0.341 e. The summed E-state index contributed by atoms with van der Waals surface area (Å²) in [5.74, 6) is -0.465. The fraction of sp³-hybridized carbons (Fsp3) is 0.316. The summed E-state index contributed by atoms with van der Waals surface area (Å²) in [5.41, 5.74) is 1.65. The van der Waals surface area contributed by atoms with Crippen LogP contribution in [0.1, 0.15) is 23.6 Å². The van der Waals surface area contributed by atoms with Gasteiger partial charge in [-0.3, -0.25) is 4.72 Å². The Morgan fingerprint density at radius 1 is 1.14 bits per heavy atom. The maximum atomic E-state index is 12.9. The van der Waals surface area contributed by atoms with Crippen molar-refractivity contribution in [2.75, 3.05) is 17.9 Å². The highest BCUT2D eigenvalue weighted by atomic mass is 32.2. The first-order chi connectivity index (χ1) is 13.2. The fourth-order valence-electron chi connectivity index (χ4n) is 2.73. The molecular weight excluding hydrogens is 386 g/mol. The SMILES string of the molecule is CCOc1ccc(NS(=O)(=O)c2ccc(C)c(OCC(=O)O)c2C)cc1CO. The predicted molar refractivity (Wildman–Crippen MR) is 103 cm³/mol. The zero-order valence-corrected chi connectivity index (χ0v) is 16.7. The van der Waals surface area contributed by atoms with Gasteiger partial charge in [-0.05, 0) is 50.6 Å². The summed E-state index contributed by atoms with van der Waals surface area (Å²) in [6.45, 7) is 4.60. The molecule has 0 aliphatic heterocycles. The average Bonchev–Trinajstić information content (AvgIpc) is 2.62. The molecule has 0 spiro atoms. The standard InChI is InChI=1S/C19H23NO7S/c1-4-26-16-7-6-15(9-14(16)10-21)20-28(24,25)17-8-5-12(2)19(13(17)3)27-11-18(22)23/h5-9,20-21H,4,10-11H2,1-3H3,(H,22,23). The van der Waals surface area contributed by atoms with Gasteiger partial charge >= 0.3 is 5.97 Å². The summed E-state index contributed by atoms with van der Waals surface area (Å²) in [6, 6.07) is 7.59. The van der Waals surface area contributed by atoms with Gasteiger partial charge in [0.25, 0.3) is 10.0 Å². The molecule has 3 N–H and O–H groups in total. The van der Waals surface area contributed by atoms with Crippen molar-refractivity contribution in [1.29, 1.82) is 0 Å². The summed E-state index contributed by atoms with van der Waals surface area (Å²) in [6.07, 6.45) is 0. The van der Waals surface area contributed by atoms with Crippen molar-refractivity contribution in [2.45, 2.75) is 32.3 Å². The Kier molecular flexibility index (Phi) is 6.87. The van der Waals surface area contributed by atoms with Gasteiger partial charge in [0.05, 0.1) is 18.1 Å². The van der Waals surface area contributed by atoms with Crippen molar-refractivity contribution in [3.8, 4) is 11.5 Å². The third-order valence-corrected chi connectivity index (χ3v) is 5.49. The smallest absolute Gasteiger partial charge is 0.341 e. The van der Waals surface area contributed by atoms with Crippen molar-refractivity contribution in [1.82, 2.24) is 0 Å². The van der Waals surface area contributed by atoms with E-state index < -0.39 is 22.6 Å². The van der Waals surface area contributed by atoms with Crippen LogP contribution >= 0.6 is 0 Å². The normalized spacial score (nSPS) is 11.1. The summed E-state index contributed by atoms with van der Waals surface area (Å²) in [7, 11) is -3.97.